The van der Waals surface area contributed by atoms with Gasteiger partial charge in [-0.1, -0.05) is 6.07 Å². The van der Waals surface area contributed by atoms with E-state index < -0.39 is 15.6 Å². The summed E-state index contributed by atoms with van der Waals surface area (Å²) >= 11 is 0. The molecule has 0 saturated heterocycles. The Morgan fingerprint density at radius 3 is 2.50 bits per heavy atom. The second-order valence-electron chi connectivity index (χ2n) is 6.91. The van der Waals surface area contributed by atoms with Gasteiger partial charge in [0.25, 0.3) is 15.9 Å². The minimum Gasteiger partial charge on any atom is -0.454 e. The summed E-state index contributed by atoms with van der Waals surface area (Å²) < 4.78 is 38.2. The molecule has 7 nitrogen and oxygen atoms in total. The lowest BCUT2D eigenvalue weighted by Crippen LogP contribution is -2.40. The zero-order valence-electron chi connectivity index (χ0n) is 14.7. The summed E-state index contributed by atoms with van der Waals surface area (Å²) in [6, 6.07) is 10.6. The summed E-state index contributed by atoms with van der Waals surface area (Å²) in [6.07, 6.45) is 0. The molecule has 8 heteroatoms. The van der Waals surface area contributed by atoms with Crippen LogP contribution in [0, 0.1) is 0 Å². The number of nitrogens with one attached hydrogen (secondary N) is 2. The van der Waals surface area contributed by atoms with Crippen molar-refractivity contribution in [3.8, 4) is 11.5 Å². The lowest BCUT2D eigenvalue weighted by atomic mass is 10.1. The Balaban J connectivity index is 1.83. The van der Waals surface area contributed by atoms with Crippen molar-refractivity contribution in [3.05, 3.63) is 48.0 Å². The third kappa shape index (κ3) is 4.08. The van der Waals surface area contributed by atoms with Crippen molar-refractivity contribution in [2.24, 2.45) is 0 Å². The molecular formula is C18H20N2O5S. The molecule has 0 aromatic heterocycles. The third-order valence-corrected chi connectivity index (χ3v) is 4.90. The van der Waals surface area contributed by atoms with E-state index in [9.17, 15) is 13.2 Å². The molecular weight excluding hydrogens is 356 g/mol. The van der Waals surface area contributed by atoms with E-state index >= 15 is 0 Å². The number of sulfonamides is 1. The number of carbonyl (C=O) groups excluding carboxylic acids is 1. The predicted molar refractivity (Wildman–Crippen MR) is 97.0 cm³/mol. The SMILES string of the molecule is CC(C)(C)NC(=O)c1cccc(S(=O)(=O)Nc2ccc3c(c2)OCO3)c1. The van der Waals surface area contributed by atoms with Gasteiger partial charge >= 0.3 is 0 Å². The molecule has 0 atom stereocenters. The highest BCUT2D eigenvalue weighted by Gasteiger charge is 2.20. The summed E-state index contributed by atoms with van der Waals surface area (Å²) in [5.41, 5.74) is 0.198. The van der Waals surface area contributed by atoms with Crippen molar-refractivity contribution in [1.29, 1.82) is 0 Å². The molecule has 0 unspecified atom stereocenters. The molecule has 1 amide bonds. The van der Waals surface area contributed by atoms with E-state index in [-0.39, 0.29) is 23.2 Å². The number of anilines is 1. The highest BCUT2D eigenvalue weighted by Crippen LogP contribution is 2.34. The fourth-order valence-corrected chi connectivity index (χ4v) is 3.49. The molecule has 0 spiro atoms. The maximum atomic E-state index is 12.6. The predicted octanol–water partition coefficient (Wildman–Crippen LogP) is 2.74. The van der Waals surface area contributed by atoms with Crippen LogP contribution in [-0.4, -0.2) is 26.7 Å². The molecule has 26 heavy (non-hydrogen) atoms. The van der Waals surface area contributed by atoms with E-state index in [2.05, 4.69) is 10.0 Å². The Labute approximate surface area is 152 Å². The monoisotopic (exact) mass is 376 g/mol. The summed E-state index contributed by atoms with van der Waals surface area (Å²) in [5, 5.41) is 2.81. The van der Waals surface area contributed by atoms with Crippen LogP contribution in [-0.2, 0) is 10.0 Å². The zero-order chi connectivity index (χ0) is 18.9. The van der Waals surface area contributed by atoms with Gasteiger partial charge in [-0.15, -0.1) is 0 Å². The number of benzene rings is 2. The first-order valence-corrected chi connectivity index (χ1v) is 9.47. The second-order valence-corrected chi connectivity index (χ2v) is 8.59. The van der Waals surface area contributed by atoms with Gasteiger partial charge in [-0.3, -0.25) is 9.52 Å². The highest BCUT2D eigenvalue weighted by atomic mass is 32.2. The molecule has 0 saturated carbocycles. The maximum absolute atomic E-state index is 12.6. The van der Waals surface area contributed by atoms with Crippen molar-refractivity contribution in [2.45, 2.75) is 31.2 Å². The zero-order valence-corrected chi connectivity index (χ0v) is 15.5. The van der Waals surface area contributed by atoms with Crippen molar-refractivity contribution in [2.75, 3.05) is 11.5 Å². The first-order chi connectivity index (χ1) is 12.1. The van der Waals surface area contributed by atoms with Gasteiger partial charge in [-0.05, 0) is 51.1 Å². The van der Waals surface area contributed by atoms with Gasteiger partial charge in [0.15, 0.2) is 11.5 Å². The molecule has 1 aliphatic rings. The minimum absolute atomic E-state index is 0.00303. The van der Waals surface area contributed by atoms with Gasteiger partial charge < -0.3 is 14.8 Å². The van der Waals surface area contributed by atoms with Gasteiger partial charge in [0.05, 0.1) is 10.6 Å². The van der Waals surface area contributed by atoms with Crippen LogP contribution in [0.1, 0.15) is 31.1 Å². The number of rotatable bonds is 4. The lowest BCUT2D eigenvalue weighted by Gasteiger charge is -2.20. The average molecular weight is 376 g/mol. The number of fused-ring (bicyclic) bond motifs is 1. The molecule has 1 aliphatic heterocycles. The Morgan fingerprint density at radius 1 is 1.04 bits per heavy atom. The Morgan fingerprint density at radius 2 is 1.77 bits per heavy atom. The molecule has 2 N–H and O–H groups in total. The molecule has 3 rings (SSSR count). The Kier molecular flexibility index (Phi) is 4.53. The lowest BCUT2D eigenvalue weighted by molar-refractivity contribution is 0.0919. The van der Waals surface area contributed by atoms with E-state index in [1.807, 2.05) is 20.8 Å². The van der Waals surface area contributed by atoms with Gasteiger partial charge in [-0.25, -0.2) is 8.42 Å². The van der Waals surface area contributed by atoms with Crippen LogP contribution in [0.5, 0.6) is 11.5 Å². The fourth-order valence-electron chi connectivity index (χ4n) is 2.39. The second kappa shape index (κ2) is 6.53. The molecule has 0 fully saturated rings. The summed E-state index contributed by atoms with van der Waals surface area (Å²) in [6.45, 7) is 5.67. The van der Waals surface area contributed by atoms with Crippen molar-refractivity contribution in [3.63, 3.8) is 0 Å². The van der Waals surface area contributed by atoms with Crippen LogP contribution < -0.4 is 19.5 Å². The number of hydrogen-bond donors (Lipinski definition) is 2. The van der Waals surface area contributed by atoms with Gasteiger partial charge in [0, 0.05) is 17.2 Å². The van der Waals surface area contributed by atoms with Crippen LogP contribution in [0.3, 0.4) is 0 Å². The van der Waals surface area contributed by atoms with Crippen molar-refractivity contribution >= 4 is 21.6 Å². The smallest absolute Gasteiger partial charge is 0.261 e. The fraction of sp³-hybridized carbons (Fsp3) is 0.278. The van der Waals surface area contributed by atoms with E-state index in [1.165, 1.54) is 18.2 Å². The molecule has 2 aromatic rings. The summed E-state index contributed by atoms with van der Waals surface area (Å²) in [5.74, 6) is 0.704. The van der Waals surface area contributed by atoms with E-state index in [4.69, 9.17) is 9.47 Å². The highest BCUT2D eigenvalue weighted by molar-refractivity contribution is 7.92. The number of amides is 1. The van der Waals surface area contributed by atoms with Gasteiger partial charge in [-0.2, -0.15) is 0 Å². The summed E-state index contributed by atoms with van der Waals surface area (Å²) in [4.78, 5) is 12.3. The summed E-state index contributed by atoms with van der Waals surface area (Å²) in [7, 11) is -3.86. The van der Waals surface area contributed by atoms with E-state index in [1.54, 1.807) is 24.3 Å². The first kappa shape index (κ1) is 18.1. The number of ether oxygens (including phenoxy) is 2. The third-order valence-electron chi connectivity index (χ3n) is 3.52. The van der Waals surface area contributed by atoms with Crippen LogP contribution in [0.15, 0.2) is 47.4 Å². The first-order valence-electron chi connectivity index (χ1n) is 7.99. The standard InChI is InChI=1S/C18H20N2O5S/c1-18(2,3)19-17(21)12-5-4-6-14(9-12)26(22,23)20-13-7-8-15-16(10-13)25-11-24-15/h4-10,20H,11H2,1-3H3,(H,19,21). The van der Waals surface area contributed by atoms with Crippen LogP contribution in [0.25, 0.3) is 0 Å². The topological polar surface area (TPSA) is 93.7 Å². The molecule has 1 heterocycles. The van der Waals surface area contributed by atoms with Crippen molar-refractivity contribution in [1.82, 2.24) is 5.32 Å². The van der Waals surface area contributed by atoms with E-state index in [0.29, 0.717) is 17.2 Å². The quantitative estimate of drug-likeness (QED) is 0.856. The minimum atomic E-state index is -3.86. The molecule has 0 bridgehead atoms. The van der Waals surface area contributed by atoms with E-state index in [0.717, 1.165) is 0 Å². The van der Waals surface area contributed by atoms with Crippen LogP contribution in [0.2, 0.25) is 0 Å². The molecule has 138 valence electrons. The normalized spacial score (nSPS) is 13.3. The van der Waals surface area contributed by atoms with Gasteiger partial charge in [0.2, 0.25) is 6.79 Å². The van der Waals surface area contributed by atoms with Crippen LogP contribution >= 0.6 is 0 Å². The van der Waals surface area contributed by atoms with Crippen LogP contribution in [0.4, 0.5) is 5.69 Å². The number of carbonyl (C=O) groups is 1. The molecule has 0 aliphatic carbocycles. The number of hydrogen-bond acceptors (Lipinski definition) is 5. The molecule has 0 radical (unpaired) electrons. The van der Waals surface area contributed by atoms with Crippen molar-refractivity contribution < 1.29 is 22.7 Å². The largest absolute Gasteiger partial charge is 0.454 e. The Hall–Kier alpha value is -2.74. The average Bonchev–Trinajstić information content (AvgIpc) is 3.00. The maximum Gasteiger partial charge on any atom is 0.261 e. The van der Waals surface area contributed by atoms with Gasteiger partial charge in [0.1, 0.15) is 0 Å². The Bertz CT molecular complexity index is 948. The molecule has 2 aromatic carbocycles.